The van der Waals surface area contributed by atoms with Gasteiger partial charge in [-0.3, -0.25) is 47.9 Å². The van der Waals surface area contributed by atoms with Crippen molar-refractivity contribution in [3.8, 4) is 5.75 Å². The van der Waals surface area contributed by atoms with Gasteiger partial charge >= 0.3 is 59.7 Å². The Morgan fingerprint density at radius 1 is 0.460 bits per heavy atom. The summed E-state index contributed by atoms with van der Waals surface area (Å²) < 4.78 is 58.8. The average Bonchev–Trinajstić information content (AvgIpc) is 0.868. The van der Waals surface area contributed by atoms with Gasteiger partial charge in [-0.05, 0) is 202 Å². The number of thioether (sulfide) groups is 1. The molecule has 0 radical (unpaired) electrons. The number of carbonyl (C=O) groups excluding carboxylic acids is 10. The van der Waals surface area contributed by atoms with Crippen LogP contribution in [-0.4, -0.2) is 180 Å². The van der Waals surface area contributed by atoms with Gasteiger partial charge in [0.05, 0.1) is 128 Å². The Hall–Kier alpha value is -8.69. The number of methoxy groups -OCH3 is 6. The van der Waals surface area contributed by atoms with Gasteiger partial charge in [-0.1, -0.05) is 179 Å². The Morgan fingerprint density at radius 3 is 1.38 bits per heavy atom. The van der Waals surface area contributed by atoms with Crippen molar-refractivity contribution in [2.75, 3.05) is 81.1 Å². The molecule has 4 bridgehead atoms. The van der Waals surface area contributed by atoms with Crippen molar-refractivity contribution >= 4 is 82.4 Å². The second kappa shape index (κ2) is 69.4. The Labute approximate surface area is 757 Å². The van der Waals surface area contributed by atoms with Crippen LogP contribution in [-0.2, 0) is 119 Å². The van der Waals surface area contributed by atoms with Crippen molar-refractivity contribution in [1.29, 1.82) is 0 Å². The molecule has 0 spiro atoms. The average molecular weight is 1790 g/mol. The molecule has 25 nitrogen and oxygen atoms in total. The molecule has 3 N–H and O–H groups in total. The largest absolute Gasteiger partial charge is 0.469 e. The van der Waals surface area contributed by atoms with Crippen molar-refractivity contribution < 1.29 is 115 Å². The number of nitrogens with one attached hydrogen (secondary N) is 1. The maximum Gasteiger partial charge on any atom is 0.314 e. The fraction of sp³-hybridized carbons (Fsp3) is 0.640. The topological polar surface area (TPSA) is 338 Å². The van der Waals surface area contributed by atoms with Crippen LogP contribution in [0.1, 0.15) is 224 Å². The number of ether oxygens (including phenoxy) is 12. The third-order valence-corrected chi connectivity index (χ3v) is 21.6. The molecule has 9 unspecified atom stereocenters. The molecule has 5 fully saturated rings. The van der Waals surface area contributed by atoms with E-state index >= 15 is 0 Å². The van der Waals surface area contributed by atoms with Crippen molar-refractivity contribution in [2.45, 2.75) is 251 Å². The van der Waals surface area contributed by atoms with Gasteiger partial charge in [0.2, 0.25) is 0 Å². The van der Waals surface area contributed by atoms with Crippen LogP contribution in [0.15, 0.2) is 121 Å². The summed E-state index contributed by atoms with van der Waals surface area (Å²) in [7, 11) is 8.41. The quantitative estimate of drug-likeness (QED) is 0.0199. The maximum atomic E-state index is 11.9. The van der Waals surface area contributed by atoms with Crippen molar-refractivity contribution in [3.05, 3.63) is 138 Å². The summed E-state index contributed by atoms with van der Waals surface area (Å²) >= 11 is 1.65. The molecule has 5 aromatic rings. The standard InChI is InChI=1S/C17H18O2.C13H15NO2.C13H20O2.C13H18O2.C10H20O3.C10H18O2.C7H14O3.C6H12O3.C6H12O2S.C5H10O3/c1-14(12-15-8-4-2-5-9-15)17(18)19-13-16-10-6-3-7-11-16;1-9(13(15)16-2)7-11-8-10-5-3-4-6-12(10)14-11;1-2-12(14)15-13-10-4-8-3-9(6-10)7-11(13)5-8;1-10(2)9-11(3)13(14)15-12-7-5-4-6-8-12;1-7(2)12-6-9(5)10(11)13-8(3)4;1-2-10(11)12-8-9-6-4-3-5-7-9;1-5(4-6(2)8)7(9)10-3;1-5(4-8-2)6(7)9-3;1-5(4-9-3)6(7)8-2;1-4(3-6)5(7)8-2/h2-11,14H,12-13H2,1H3;3-6,8-9,14H,7H2,1-2H3;8-11,13H,2-7H2,1H3;4-8,10-11H,9H2,1-3H3;7-9H,6H2,1-5H3;9H,2-8H2,1H3;5-6,8H,4H2,1-3H3;2*5H,4H2,1-3H3;4,6H,3H2,1-2H3. The fourth-order valence-electron chi connectivity index (χ4n) is 14.1. The van der Waals surface area contributed by atoms with Gasteiger partial charge in [-0.15, -0.1) is 0 Å². The van der Waals surface area contributed by atoms with Crippen LogP contribution in [0, 0.1) is 82.9 Å². The molecule has 10 rings (SSSR count). The number of aliphatic hydroxyl groups is 2. The lowest BCUT2D eigenvalue weighted by molar-refractivity contribution is -0.170. The normalized spacial score (nSPS) is 17.6. The molecule has 0 saturated heterocycles. The van der Waals surface area contributed by atoms with Crippen molar-refractivity contribution in [3.63, 3.8) is 0 Å². The zero-order valence-corrected chi connectivity index (χ0v) is 81.1. The number of hydrogen-bond donors (Lipinski definition) is 3. The number of hydrogen-bond acceptors (Lipinski definition) is 25. The van der Waals surface area contributed by atoms with Gasteiger partial charge in [-0.2, -0.15) is 11.8 Å². The van der Waals surface area contributed by atoms with Gasteiger partial charge in [0.1, 0.15) is 18.5 Å². The van der Waals surface area contributed by atoms with Crippen LogP contribution < -0.4 is 4.74 Å². The van der Waals surface area contributed by atoms with Crippen LogP contribution in [0.25, 0.3) is 10.9 Å². The Kier molecular flexibility index (Phi) is 64.6. The number of rotatable bonds is 33. The van der Waals surface area contributed by atoms with Gasteiger partial charge < -0.3 is 72.0 Å². The molecule has 712 valence electrons. The first-order chi connectivity index (χ1) is 59.8. The summed E-state index contributed by atoms with van der Waals surface area (Å²) in [6.45, 7) is 33.3. The summed E-state index contributed by atoms with van der Waals surface area (Å²) in [5.41, 5.74) is 4.35. The van der Waals surface area contributed by atoms with E-state index < -0.39 is 6.10 Å². The first-order valence-electron chi connectivity index (χ1n) is 44.7. The summed E-state index contributed by atoms with van der Waals surface area (Å²) in [5, 5.41) is 18.4. The van der Waals surface area contributed by atoms with E-state index in [1.54, 1.807) is 58.7 Å². The first-order valence-corrected chi connectivity index (χ1v) is 46.1. The van der Waals surface area contributed by atoms with Gasteiger partial charge in [0, 0.05) is 43.3 Å². The highest BCUT2D eigenvalue weighted by Gasteiger charge is 2.50. The van der Waals surface area contributed by atoms with E-state index in [9.17, 15) is 47.9 Å². The summed E-state index contributed by atoms with van der Waals surface area (Å²) in [6.07, 6.45) is 19.0. The number of esters is 10. The molecular formula is C100H157NO24S. The molecule has 1 heterocycles. The summed E-state index contributed by atoms with van der Waals surface area (Å²) in [5.74, 6) is 3.14. The number of fused-ring (bicyclic) bond motifs is 1. The molecular weight excluding hydrogens is 1630 g/mol. The minimum absolute atomic E-state index is 0.00692. The zero-order valence-electron chi connectivity index (χ0n) is 80.3. The van der Waals surface area contributed by atoms with Gasteiger partial charge in [0.25, 0.3) is 0 Å². The molecule has 5 aliphatic rings. The molecule has 9 atom stereocenters. The van der Waals surface area contributed by atoms with Crippen molar-refractivity contribution in [2.24, 2.45) is 82.9 Å². The number of benzene rings is 4. The predicted molar refractivity (Wildman–Crippen MR) is 494 cm³/mol. The highest BCUT2D eigenvalue weighted by molar-refractivity contribution is 7.98. The second-order valence-electron chi connectivity index (χ2n) is 33.9. The van der Waals surface area contributed by atoms with E-state index in [0.717, 1.165) is 46.3 Å². The molecule has 26 heteroatoms. The van der Waals surface area contributed by atoms with E-state index in [1.165, 1.54) is 105 Å². The third kappa shape index (κ3) is 53.8. The SMILES string of the molecule is CC(C)CC(C)C(=O)Oc1ccccc1.CC(C)OCC(C)C(=O)OC(C)C.CC(Cc1ccccc1)C(=O)OCc1ccccc1.CCC(=O)OC1C2CC3CC(C2)CC1C3.CCC(=O)OCC1CCCCC1.COC(=O)C(C)CC(C)O.COC(=O)C(C)CO.COC(=O)C(C)CSC.COC(=O)C(C)Cc1cc2ccccc2[nH]1.COCC(C)C(=O)OC. The number of aliphatic hydroxyl groups excluding tert-OH is 2. The lowest BCUT2D eigenvalue weighted by Crippen LogP contribution is -2.49. The smallest absolute Gasteiger partial charge is 0.314 e. The molecule has 5 saturated carbocycles. The molecule has 0 aliphatic heterocycles. The first kappa shape index (κ1) is 117. The molecule has 4 aromatic carbocycles. The third-order valence-electron chi connectivity index (χ3n) is 20.8. The zero-order chi connectivity index (χ0) is 95.2. The molecule has 0 amide bonds. The number of para-hydroxylation sites is 2. The number of aromatic amines is 1. The van der Waals surface area contributed by atoms with E-state index in [4.69, 9.17) is 48.1 Å². The Balaban J connectivity index is 0.00000139. The van der Waals surface area contributed by atoms with Crippen LogP contribution in [0.3, 0.4) is 0 Å². The van der Waals surface area contributed by atoms with Crippen LogP contribution in [0.4, 0.5) is 0 Å². The molecule has 1 aromatic heterocycles. The van der Waals surface area contributed by atoms with E-state index in [1.807, 2.05) is 179 Å². The van der Waals surface area contributed by atoms with Crippen LogP contribution >= 0.6 is 11.8 Å². The summed E-state index contributed by atoms with van der Waals surface area (Å²) in [4.78, 5) is 114. The monoisotopic (exact) mass is 1790 g/mol. The highest BCUT2D eigenvalue weighted by Crippen LogP contribution is 2.54. The Morgan fingerprint density at radius 2 is 0.921 bits per heavy atom. The minimum Gasteiger partial charge on any atom is -0.469 e. The van der Waals surface area contributed by atoms with Gasteiger partial charge in [0.15, 0.2) is 0 Å². The highest BCUT2D eigenvalue weighted by atomic mass is 32.2. The lowest BCUT2D eigenvalue weighted by atomic mass is 9.55. The van der Waals surface area contributed by atoms with E-state index in [-0.39, 0.29) is 132 Å². The second-order valence-corrected chi connectivity index (χ2v) is 34.8. The fourth-order valence-corrected chi connectivity index (χ4v) is 14.8. The number of H-pyrrole nitrogens is 1. The van der Waals surface area contributed by atoms with Crippen LogP contribution in [0.5, 0.6) is 5.75 Å². The summed E-state index contributed by atoms with van der Waals surface area (Å²) in [6, 6.07) is 39.1. The lowest BCUT2D eigenvalue weighted by Gasteiger charge is -2.53. The number of aromatic nitrogens is 1. The van der Waals surface area contributed by atoms with Crippen molar-refractivity contribution in [1.82, 2.24) is 4.98 Å². The molecule has 5 aliphatic carbocycles. The maximum absolute atomic E-state index is 11.9. The van der Waals surface area contributed by atoms with E-state index in [0.29, 0.717) is 88.0 Å². The predicted octanol–water partition coefficient (Wildman–Crippen LogP) is 18.6. The van der Waals surface area contributed by atoms with Gasteiger partial charge in [-0.25, -0.2) is 0 Å². The molecule has 126 heavy (non-hydrogen) atoms. The van der Waals surface area contributed by atoms with E-state index in [2.05, 4.69) is 49.9 Å². The number of carbonyl (C=O) groups is 10. The van der Waals surface area contributed by atoms with Crippen LogP contribution in [0.2, 0.25) is 0 Å². The minimum atomic E-state index is -0.436. The Bertz CT molecular complexity index is 3670.